The van der Waals surface area contributed by atoms with Gasteiger partial charge in [-0.3, -0.25) is 0 Å². The molecule has 1 aromatic heterocycles. The van der Waals surface area contributed by atoms with Gasteiger partial charge >= 0.3 is 0 Å². The van der Waals surface area contributed by atoms with E-state index in [4.69, 9.17) is 9.47 Å². The summed E-state index contributed by atoms with van der Waals surface area (Å²) >= 11 is 0. The quantitative estimate of drug-likeness (QED) is 0.934. The lowest BCUT2D eigenvalue weighted by atomic mass is 9.97. The fraction of sp³-hybridized carbons (Fsp3) is 0.400. The first-order chi connectivity index (χ1) is 9.72. The Morgan fingerprint density at radius 1 is 1.50 bits per heavy atom. The molecule has 0 saturated carbocycles. The Morgan fingerprint density at radius 3 is 3.10 bits per heavy atom. The van der Waals surface area contributed by atoms with Gasteiger partial charge in [0, 0.05) is 24.6 Å². The van der Waals surface area contributed by atoms with Crippen LogP contribution in [0.5, 0.6) is 11.5 Å². The van der Waals surface area contributed by atoms with E-state index in [2.05, 4.69) is 11.9 Å². The van der Waals surface area contributed by atoms with Crippen molar-refractivity contribution in [2.75, 3.05) is 7.11 Å². The third-order valence-corrected chi connectivity index (χ3v) is 3.70. The highest BCUT2D eigenvalue weighted by atomic mass is 16.5. The van der Waals surface area contributed by atoms with Gasteiger partial charge < -0.3 is 19.1 Å². The fourth-order valence-electron chi connectivity index (χ4n) is 2.59. The lowest BCUT2D eigenvalue weighted by Gasteiger charge is -2.30. The molecule has 0 spiro atoms. The Bertz CT molecular complexity index is 609. The van der Waals surface area contributed by atoms with E-state index in [1.54, 1.807) is 19.6 Å². The number of aliphatic hydroxyl groups excluding tert-OH is 1. The molecule has 5 heteroatoms. The van der Waals surface area contributed by atoms with Crippen molar-refractivity contribution < 1.29 is 14.6 Å². The van der Waals surface area contributed by atoms with Crippen molar-refractivity contribution in [1.29, 1.82) is 0 Å². The molecule has 106 valence electrons. The number of aromatic nitrogens is 2. The van der Waals surface area contributed by atoms with E-state index in [1.807, 2.05) is 22.8 Å². The number of methoxy groups -OCH3 is 1. The molecule has 0 fully saturated rings. The number of ether oxygens (including phenoxy) is 2. The second-order valence-electron chi connectivity index (χ2n) is 4.87. The maximum Gasteiger partial charge on any atom is 0.143 e. The highest BCUT2D eigenvalue weighted by molar-refractivity contribution is 5.43. The number of rotatable bonds is 3. The Balaban J connectivity index is 1.95. The van der Waals surface area contributed by atoms with Gasteiger partial charge in [0.1, 0.15) is 17.6 Å². The maximum absolute atomic E-state index is 10.3. The van der Waals surface area contributed by atoms with Crippen LogP contribution in [0.25, 0.3) is 0 Å². The van der Waals surface area contributed by atoms with Gasteiger partial charge in [0.05, 0.1) is 31.4 Å². The summed E-state index contributed by atoms with van der Waals surface area (Å²) in [6.07, 6.45) is 3.39. The van der Waals surface area contributed by atoms with Crippen LogP contribution in [0, 0.1) is 0 Å². The van der Waals surface area contributed by atoms with Crippen LogP contribution in [0.3, 0.4) is 0 Å². The minimum Gasteiger partial charge on any atom is -0.497 e. The molecule has 2 heterocycles. The summed E-state index contributed by atoms with van der Waals surface area (Å²) in [6.45, 7) is 2.89. The number of fused-ring (bicyclic) bond motifs is 1. The summed E-state index contributed by atoms with van der Waals surface area (Å²) < 4.78 is 13.3. The molecular formula is C15H18N2O3. The second kappa shape index (κ2) is 5.17. The molecule has 0 radical (unpaired) electrons. The van der Waals surface area contributed by atoms with E-state index in [1.165, 1.54) is 0 Å². The van der Waals surface area contributed by atoms with Crippen LogP contribution in [0.4, 0.5) is 0 Å². The minimum absolute atomic E-state index is 0.188. The zero-order valence-corrected chi connectivity index (χ0v) is 11.6. The molecule has 0 bridgehead atoms. The number of imidazole rings is 1. The van der Waals surface area contributed by atoms with E-state index in [0.29, 0.717) is 12.2 Å². The number of aliphatic hydroxyl groups is 1. The minimum atomic E-state index is -0.533. The summed E-state index contributed by atoms with van der Waals surface area (Å²) in [4.78, 5) is 4.16. The van der Waals surface area contributed by atoms with Crippen LogP contribution in [-0.4, -0.2) is 21.8 Å². The topological polar surface area (TPSA) is 56.5 Å². The first-order valence-corrected chi connectivity index (χ1v) is 6.75. The first kappa shape index (κ1) is 13.0. The van der Waals surface area contributed by atoms with Crippen molar-refractivity contribution in [3.05, 3.63) is 42.0 Å². The summed E-state index contributed by atoms with van der Waals surface area (Å²) in [5.74, 6) is 1.40. The predicted octanol–water partition coefficient (Wildman–Crippen LogP) is 2.47. The second-order valence-corrected chi connectivity index (χ2v) is 4.87. The zero-order chi connectivity index (χ0) is 14.1. The summed E-state index contributed by atoms with van der Waals surface area (Å²) in [5, 5.41) is 10.3. The van der Waals surface area contributed by atoms with Crippen LogP contribution in [0.2, 0.25) is 0 Å². The standard InChI is InChI=1S/C15H18N2O3/c1-3-17-9-16-8-12(17)15-7-13(18)11-5-4-10(19-2)6-14(11)20-15/h4-6,8-9,13,15,18H,3,7H2,1-2H3/t13-,15?/m0/s1. The van der Waals surface area contributed by atoms with E-state index in [0.717, 1.165) is 23.6 Å². The van der Waals surface area contributed by atoms with Gasteiger partial charge in [-0.05, 0) is 19.1 Å². The van der Waals surface area contributed by atoms with E-state index in [9.17, 15) is 5.11 Å². The SMILES string of the molecule is CCn1cncc1C1C[C@H](O)c2ccc(OC)cc2O1. The van der Waals surface area contributed by atoms with Crippen molar-refractivity contribution in [3.8, 4) is 11.5 Å². The average Bonchev–Trinajstić information content (AvgIpc) is 2.95. The first-order valence-electron chi connectivity index (χ1n) is 6.75. The summed E-state index contributed by atoms with van der Waals surface area (Å²) in [6, 6.07) is 5.51. The van der Waals surface area contributed by atoms with Crippen molar-refractivity contribution in [2.24, 2.45) is 0 Å². The summed E-state index contributed by atoms with van der Waals surface area (Å²) in [5.41, 5.74) is 1.80. The molecule has 0 amide bonds. The number of hydrogen-bond donors (Lipinski definition) is 1. The molecule has 2 atom stereocenters. The van der Waals surface area contributed by atoms with Gasteiger partial charge in [0.15, 0.2) is 0 Å². The van der Waals surface area contributed by atoms with E-state index >= 15 is 0 Å². The fourth-order valence-corrected chi connectivity index (χ4v) is 2.59. The third-order valence-electron chi connectivity index (χ3n) is 3.70. The molecule has 0 saturated heterocycles. The van der Waals surface area contributed by atoms with Crippen LogP contribution in [0.15, 0.2) is 30.7 Å². The van der Waals surface area contributed by atoms with Gasteiger partial charge in [-0.1, -0.05) is 0 Å². The van der Waals surface area contributed by atoms with Crippen molar-refractivity contribution in [3.63, 3.8) is 0 Å². The third kappa shape index (κ3) is 2.14. The number of benzene rings is 1. The highest BCUT2D eigenvalue weighted by Crippen LogP contribution is 2.42. The largest absolute Gasteiger partial charge is 0.497 e. The monoisotopic (exact) mass is 274 g/mol. The molecule has 0 aliphatic carbocycles. The lowest BCUT2D eigenvalue weighted by molar-refractivity contribution is 0.0617. The molecule has 1 aliphatic rings. The predicted molar refractivity (Wildman–Crippen MR) is 73.8 cm³/mol. The van der Waals surface area contributed by atoms with Gasteiger partial charge in [0.25, 0.3) is 0 Å². The maximum atomic E-state index is 10.3. The Hall–Kier alpha value is -2.01. The van der Waals surface area contributed by atoms with Crippen molar-refractivity contribution in [2.45, 2.75) is 32.1 Å². The van der Waals surface area contributed by atoms with Crippen LogP contribution < -0.4 is 9.47 Å². The number of aryl methyl sites for hydroxylation is 1. The number of hydrogen-bond acceptors (Lipinski definition) is 4. The van der Waals surface area contributed by atoms with Crippen molar-refractivity contribution >= 4 is 0 Å². The molecule has 1 N–H and O–H groups in total. The van der Waals surface area contributed by atoms with Crippen molar-refractivity contribution in [1.82, 2.24) is 9.55 Å². The lowest BCUT2D eigenvalue weighted by Crippen LogP contribution is -2.21. The molecule has 5 nitrogen and oxygen atoms in total. The van der Waals surface area contributed by atoms with Gasteiger partial charge in [-0.15, -0.1) is 0 Å². The number of nitrogens with zero attached hydrogens (tertiary/aromatic N) is 2. The van der Waals surface area contributed by atoms with E-state index in [-0.39, 0.29) is 6.10 Å². The van der Waals surface area contributed by atoms with Gasteiger partial charge in [-0.2, -0.15) is 0 Å². The Labute approximate surface area is 117 Å². The molecule has 1 aromatic carbocycles. The van der Waals surface area contributed by atoms with Crippen LogP contribution in [0.1, 0.15) is 36.8 Å². The Kier molecular flexibility index (Phi) is 3.36. The molecule has 3 rings (SSSR count). The molecular weight excluding hydrogens is 256 g/mol. The molecule has 20 heavy (non-hydrogen) atoms. The molecule has 2 aromatic rings. The zero-order valence-electron chi connectivity index (χ0n) is 11.6. The smallest absolute Gasteiger partial charge is 0.143 e. The molecule has 1 aliphatic heterocycles. The van der Waals surface area contributed by atoms with Crippen LogP contribution in [-0.2, 0) is 6.54 Å². The normalized spacial score (nSPS) is 21.1. The van der Waals surface area contributed by atoms with Crippen LogP contribution >= 0.6 is 0 Å². The Morgan fingerprint density at radius 2 is 2.35 bits per heavy atom. The average molecular weight is 274 g/mol. The molecule has 1 unspecified atom stereocenters. The highest BCUT2D eigenvalue weighted by Gasteiger charge is 2.30. The van der Waals surface area contributed by atoms with Gasteiger partial charge in [0.2, 0.25) is 0 Å². The van der Waals surface area contributed by atoms with E-state index < -0.39 is 6.10 Å². The van der Waals surface area contributed by atoms with Gasteiger partial charge in [-0.25, -0.2) is 4.98 Å². The summed E-state index contributed by atoms with van der Waals surface area (Å²) in [7, 11) is 1.62.